The van der Waals surface area contributed by atoms with Crippen molar-refractivity contribution in [1.82, 2.24) is 15.5 Å². The lowest BCUT2D eigenvalue weighted by molar-refractivity contribution is -0.119. The second-order valence-electron chi connectivity index (χ2n) is 6.14. The van der Waals surface area contributed by atoms with Crippen molar-refractivity contribution in [3.63, 3.8) is 0 Å². The summed E-state index contributed by atoms with van der Waals surface area (Å²) in [5, 5.41) is 6.15. The lowest BCUT2D eigenvalue weighted by Gasteiger charge is -2.22. The first kappa shape index (κ1) is 24.3. The van der Waals surface area contributed by atoms with Gasteiger partial charge in [0.05, 0.1) is 0 Å². The lowest BCUT2D eigenvalue weighted by Crippen LogP contribution is -2.39. The highest BCUT2D eigenvalue weighted by molar-refractivity contribution is 14.0. The third-order valence-electron chi connectivity index (χ3n) is 3.98. The minimum absolute atomic E-state index is 0. The Morgan fingerprint density at radius 3 is 2.32 bits per heavy atom. The molecule has 7 heteroatoms. The van der Waals surface area contributed by atoms with Gasteiger partial charge in [-0.1, -0.05) is 42.5 Å². The molecule has 152 valence electrons. The van der Waals surface area contributed by atoms with Gasteiger partial charge in [-0.15, -0.1) is 35.7 Å². The number of nitrogens with zero attached hydrogens (tertiary/aromatic N) is 2. The number of thioether (sulfide) groups is 1. The van der Waals surface area contributed by atoms with Gasteiger partial charge in [0.25, 0.3) is 0 Å². The molecule has 0 saturated heterocycles. The Labute approximate surface area is 189 Å². The number of nitrogens with one attached hydrogen (secondary N) is 2. The quantitative estimate of drug-likeness (QED) is 0.245. The molecule has 0 aliphatic heterocycles. The van der Waals surface area contributed by atoms with Gasteiger partial charge in [-0.05, 0) is 36.4 Å². The van der Waals surface area contributed by atoms with Gasteiger partial charge in [0.2, 0.25) is 5.91 Å². The van der Waals surface area contributed by atoms with Gasteiger partial charge in [0.15, 0.2) is 5.96 Å². The van der Waals surface area contributed by atoms with Crippen LogP contribution in [0.4, 0.5) is 0 Å². The van der Waals surface area contributed by atoms with Crippen LogP contribution in [0.2, 0.25) is 0 Å². The minimum Gasteiger partial charge on any atom is -0.357 e. The second-order valence-corrected chi connectivity index (χ2v) is 7.02. The Balaban J connectivity index is 0.00000392. The zero-order valence-corrected chi connectivity index (χ0v) is 19.8. The van der Waals surface area contributed by atoms with Crippen LogP contribution in [0.15, 0.2) is 64.5 Å². The first-order valence-corrected chi connectivity index (χ1v) is 10.3. The van der Waals surface area contributed by atoms with Crippen LogP contribution in [-0.4, -0.2) is 43.2 Å². The van der Waals surface area contributed by atoms with E-state index in [-0.39, 0.29) is 36.4 Å². The number of hydrogen-bond donors (Lipinski definition) is 2. The number of guanidine groups is 1. The number of halogens is 1. The van der Waals surface area contributed by atoms with E-state index in [2.05, 4.69) is 46.1 Å². The minimum atomic E-state index is -0.0908. The molecule has 0 aromatic heterocycles. The van der Waals surface area contributed by atoms with Crippen LogP contribution in [0.3, 0.4) is 0 Å². The molecule has 0 bridgehead atoms. The molecule has 0 aliphatic carbocycles. The third kappa shape index (κ3) is 8.52. The summed E-state index contributed by atoms with van der Waals surface area (Å²) in [6, 6.07) is 18.4. The Morgan fingerprint density at radius 2 is 1.71 bits per heavy atom. The molecular weight excluding hydrogens is 483 g/mol. The summed E-state index contributed by atoms with van der Waals surface area (Å²) >= 11 is 1.73. The molecule has 0 saturated carbocycles. The highest BCUT2D eigenvalue weighted by atomic mass is 127. The zero-order chi connectivity index (χ0) is 19.5. The monoisotopic (exact) mass is 512 g/mol. The van der Waals surface area contributed by atoms with E-state index >= 15 is 0 Å². The van der Waals surface area contributed by atoms with Crippen LogP contribution in [0.1, 0.15) is 18.1 Å². The molecule has 0 spiro atoms. The number of carbonyl (C=O) groups excluding carboxylic acids is 1. The number of carbonyl (C=O) groups is 1. The predicted octanol–water partition coefficient (Wildman–Crippen LogP) is 3.74. The number of rotatable bonds is 8. The van der Waals surface area contributed by atoms with E-state index in [1.807, 2.05) is 49.2 Å². The normalized spacial score (nSPS) is 10.8. The number of hydrogen-bond acceptors (Lipinski definition) is 3. The molecular formula is C21H29IN4OS. The molecule has 0 heterocycles. The fraction of sp³-hybridized carbons (Fsp3) is 0.333. The van der Waals surface area contributed by atoms with Crippen molar-refractivity contribution in [2.24, 2.45) is 4.99 Å². The maximum atomic E-state index is 12.1. The topological polar surface area (TPSA) is 56.7 Å². The van der Waals surface area contributed by atoms with Crippen LogP contribution >= 0.6 is 35.7 Å². The van der Waals surface area contributed by atoms with Gasteiger partial charge in [0.1, 0.15) is 6.54 Å². The number of amides is 1. The lowest BCUT2D eigenvalue weighted by atomic mass is 10.2. The van der Waals surface area contributed by atoms with E-state index in [1.165, 1.54) is 10.5 Å². The molecule has 2 aromatic rings. The summed E-state index contributed by atoms with van der Waals surface area (Å²) < 4.78 is 0. The van der Waals surface area contributed by atoms with Crippen molar-refractivity contribution in [1.29, 1.82) is 0 Å². The van der Waals surface area contributed by atoms with Crippen molar-refractivity contribution in [3.05, 3.63) is 65.7 Å². The van der Waals surface area contributed by atoms with E-state index < -0.39 is 0 Å². The molecule has 5 nitrogen and oxygen atoms in total. The Morgan fingerprint density at radius 1 is 1.04 bits per heavy atom. The summed E-state index contributed by atoms with van der Waals surface area (Å²) in [7, 11) is 1.98. The van der Waals surface area contributed by atoms with Crippen LogP contribution in [0, 0.1) is 0 Å². The summed E-state index contributed by atoms with van der Waals surface area (Å²) in [4.78, 5) is 19.9. The van der Waals surface area contributed by atoms with Gasteiger partial charge >= 0.3 is 0 Å². The smallest absolute Gasteiger partial charge is 0.242 e. The molecule has 2 N–H and O–H groups in total. The van der Waals surface area contributed by atoms with Crippen LogP contribution < -0.4 is 10.6 Å². The van der Waals surface area contributed by atoms with Crippen molar-refractivity contribution in [3.8, 4) is 0 Å². The molecule has 28 heavy (non-hydrogen) atoms. The largest absolute Gasteiger partial charge is 0.357 e. The predicted molar refractivity (Wildman–Crippen MR) is 129 cm³/mol. The standard InChI is InChI=1S/C21H28N4OS.HI/c1-4-22-21(25(2)16-18-10-12-19(27-3)13-11-18)24-15-20(26)23-14-17-8-6-5-7-9-17;/h5-13H,4,14-16H2,1-3H3,(H,22,24)(H,23,26);1H. The van der Waals surface area contributed by atoms with Gasteiger partial charge in [0, 0.05) is 31.6 Å². The van der Waals surface area contributed by atoms with E-state index in [1.54, 1.807) is 11.8 Å². The molecule has 0 unspecified atom stereocenters. The summed E-state index contributed by atoms with van der Waals surface area (Å²) in [6.07, 6.45) is 2.07. The van der Waals surface area contributed by atoms with Gasteiger partial charge in [-0.2, -0.15) is 0 Å². The zero-order valence-electron chi connectivity index (χ0n) is 16.6. The molecule has 2 rings (SSSR count). The number of aliphatic imine (C=N–C) groups is 1. The highest BCUT2D eigenvalue weighted by Crippen LogP contribution is 2.15. The summed E-state index contributed by atoms with van der Waals surface area (Å²) in [5.74, 6) is 0.633. The van der Waals surface area contributed by atoms with Gasteiger partial charge in [-0.3, -0.25) is 4.79 Å². The first-order valence-electron chi connectivity index (χ1n) is 9.05. The third-order valence-corrected chi connectivity index (χ3v) is 4.72. The molecule has 0 fully saturated rings. The van der Waals surface area contributed by atoms with Crippen LogP contribution in [0.5, 0.6) is 0 Å². The molecule has 1 amide bonds. The molecule has 0 aliphatic rings. The van der Waals surface area contributed by atoms with Crippen molar-refractivity contribution >= 4 is 47.6 Å². The van der Waals surface area contributed by atoms with E-state index in [4.69, 9.17) is 0 Å². The average Bonchev–Trinajstić information content (AvgIpc) is 2.70. The summed E-state index contributed by atoms with van der Waals surface area (Å²) in [6.45, 7) is 4.12. The average molecular weight is 512 g/mol. The van der Waals surface area contributed by atoms with Crippen molar-refractivity contribution in [2.45, 2.75) is 24.9 Å². The SMILES string of the molecule is CCNC(=NCC(=O)NCc1ccccc1)N(C)Cc1ccc(SC)cc1.I. The first-order chi connectivity index (χ1) is 13.1. The fourth-order valence-corrected chi connectivity index (χ4v) is 2.96. The molecule has 0 radical (unpaired) electrons. The fourth-order valence-electron chi connectivity index (χ4n) is 2.55. The summed E-state index contributed by atoms with van der Waals surface area (Å²) in [5.41, 5.74) is 2.28. The maximum absolute atomic E-state index is 12.1. The van der Waals surface area contributed by atoms with Gasteiger partial charge < -0.3 is 15.5 Å². The Bertz CT molecular complexity index is 738. The molecule has 0 atom stereocenters. The van der Waals surface area contributed by atoms with E-state index in [0.717, 1.165) is 24.6 Å². The maximum Gasteiger partial charge on any atom is 0.242 e. The number of benzene rings is 2. The van der Waals surface area contributed by atoms with E-state index in [9.17, 15) is 4.79 Å². The second kappa shape index (κ2) is 13.4. The molecule has 2 aromatic carbocycles. The highest BCUT2D eigenvalue weighted by Gasteiger charge is 2.08. The van der Waals surface area contributed by atoms with E-state index in [0.29, 0.717) is 6.54 Å². The van der Waals surface area contributed by atoms with Crippen LogP contribution in [0.25, 0.3) is 0 Å². The van der Waals surface area contributed by atoms with Crippen LogP contribution in [-0.2, 0) is 17.9 Å². The van der Waals surface area contributed by atoms with Crippen molar-refractivity contribution < 1.29 is 4.79 Å². The Kier molecular flexibility index (Phi) is 11.7. The van der Waals surface area contributed by atoms with Crippen molar-refractivity contribution in [2.75, 3.05) is 26.4 Å². The van der Waals surface area contributed by atoms with Gasteiger partial charge in [-0.25, -0.2) is 4.99 Å². The Hall–Kier alpha value is -1.74.